The number of aryl methyl sites for hydroxylation is 1. The molecule has 4 rings (SSSR count). The molecule has 3 aromatic rings. The minimum absolute atomic E-state index is 0.341. The molecule has 0 aliphatic heterocycles. The van der Waals surface area contributed by atoms with E-state index in [4.69, 9.17) is 40.2 Å². The van der Waals surface area contributed by atoms with E-state index in [2.05, 4.69) is 31.7 Å². The average Bonchev–Trinajstić information content (AvgIpc) is 3.19. The Morgan fingerprint density at radius 3 is 2.79 bits per heavy atom. The Balaban J connectivity index is 1.49. The fourth-order valence-corrected chi connectivity index (χ4v) is 6.06. The summed E-state index contributed by atoms with van der Waals surface area (Å²) in [5.74, 6) is 0.220. The van der Waals surface area contributed by atoms with Crippen molar-refractivity contribution >= 4 is 84.6 Å². The first kappa shape index (κ1) is 24.5. The summed E-state index contributed by atoms with van der Waals surface area (Å²) >= 11 is 22.7. The number of benzene rings is 1. The first-order valence-electron chi connectivity index (χ1n) is 10.3. The van der Waals surface area contributed by atoms with Gasteiger partial charge in [0.1, 0.15) is 5.00 Å². The largest absolute Gasteiger partial charge is 0.465 e. The van der Waals surface area contributed by atoms with E-state index in [1.165, 1.54) is 18.4 Å². The predicted octanol–water partition coefficient (Wildman–Crippen LogP) is 6.93. The van der Waals surface area contributed by atoms with E-state index in [0.717, 1.165) is 41.3 Å². The summed E-state index contributed by atoms with van der Waals surface area (Å²) in [6.07, 6.45) is 7.06. The molecular weight excluding hydrogens is 567 g/mol. The maximum Gasteiger partial charge on any atom is 0.341 e. The number of thiophene rings is 1. The molecule has 0 unspecified atom stereocenters. The number of carbonyl (C=O) groups excluding carboxylic acids is 1. The van der Waals surface area contributed by atoms with Gasteiger partial charge in [-0.3, -0.25) is 4.68 Å². The number of hydrogen-bond acceptors (Lipinski definition) is 5. The third kappa shape index (κ3) is 5.71. The van der Waals surface area contributed by atoms with Gasteiger partial charge >= 0.3 is 5.97 Å². The molecule has 2 heterocycles. The Bertz CT molecular complexity index is 1210. The van der Waals surface area contributed by atoms with Crippen LogP contribution < -0.4 is 10.6 Å². The topological polar surface area (TPSA) is 68.2 Å². The van der Waals surface area contributed by atoms with E-state index in [1.807, 2.05) is 18.3 Å². The van der Waals surface area contributed by atoms with Crippen LogP contribution in [0.2, 0.25) is 10.0 Å². The number of aromatic nitrogens is 2. The number of halogens is 3. The number of fused-ring (bicyclic) bond motifs is 1. The third-order valence-corrected chi connectivity index (χ3v) is 8.05. The molecule has 33 heavy (non-hydrogen) atoms. The lowest BCUT2D eigenvalue weighted by molar-refractivity contribution is 0.0601. The van der Waals surface area contributed by atoms with Crippen molar-refractivity contribution < 1.29 is 9.53 Å². The van der Waals surface area contributed by atoms with Gasteiger partial charge in [-0.1, -0.05) is 35.7 Å². The highest BCUT2D eigenvalue weighted by molar-refractivity contribution is 9.10. The Kier molecular flexibility index (Phi) is 7.96. The van der Waals surface area contributed by atoms with Crippen LogP contribution in [0.4, 0.5) is 10.8 Å². The normalized spacial score (nSPS) is 13.2. The second kappa shape index (κ2) is 10.7. The maximum atomic E-state index is 12.5. The van der Waals surface area contributed by atoms with E-state index in [-0.39, 0.29) is 5.97 Å². The van der Waals surface area contributed by atoms with Gasteiger partial charge in [-0.05, 0) is 77.1 Å². The molecule has 0 atom stereocenters. The van der Waals surface area contributed by atoms with Crippen LogP contribution in [0.3, 0.4) is 0 Å². The molecule has 1 aliphatic rings. The van der Waals surface area contributed by atoms with E-state index >= 15 is 0 Å². The molecule has 0 spiro atoms. The Morgan fingerprint density at radius 2 is 2.03 bits per heavy atom. The third-order valence-electron chi connectivity index (χ3n) is 5.32. The SMILES string of the molecule is COC(=O)c1c(NC(=S)Nc2nn(Cc3ccc(Cl)c(Cl)c3)cc2Br)sc2c1CCCCC2. The van der Waals surface area contributed by atoms with Crippen LogP contribution in [-0.4, -0.2) is 28.0 Å². The fourth-order valence-electron chi connectivity index (χ4n) is 3.78. The smallest absolute Gasteiger partial charge is 0.341 e. The predicted molar refractivity (Wildman–Crippen MR) is 142 cm³/mol. The van der Waals surface area contributed by atoms with Gasteiger partial charge in [0.2, 0.25) is 0 Å². The highest BCUT2D eigenvalue weighted by Gasteiger charge is 2.26. The van der Waals surface area contributed by atoms with E-state index in [1.54, 1.807) is 22.1 Å². The Hall–Kier alpha value is -1.65. The molecule has 0 radical (unpaired) electrons. The molecular formula is C22H21BrCl2N4O2S2. The zero-order chi connectivity index (χ0) is 23.5. The number of ether oxygens (including phenoxy) is 1. The number of anilines is 2. The van der Waals surface area contributed by atoms with Crippen LogP contribution in [0.1, 0.15) is 45.6 Å². The standard InChI is InChI=1S/C22H21BrCl2N4O2S2/c1-31-21(30)18-13-5-3-2-4-6-17(13)33-20(18)27-22(32)26-19-14(23)11-29(28-19)10-12-7-8-15(24)16(25)9-12/h7-9,11H,2-6,10H2,1H3,(H2,26,27,28,32). The second-order valence-electron chi connectivity index (χ2n) is 7.61. The molecule has 1 aromatic carbocycles. The molecule has 6 nitrogen and oxygen atoms in total. The molecule has 2 N–H and O–H groups in total. The second-order valence-corrected chi connectivity index (χ2v) is 10.8. The van der Waals surface area contributed by atoms with Crippen molar-refractivity contribution in [2.75, 3.05) is 17.7 Å². The Morgan fingerprint density at radius 1 is 1.24 bits per heavy atom. The van der Waals surface area contributed by atoms with Crippen molar-refractivity contribution in [3.05, 3.63) is 60.5 Å². The van der Waals surface area contributed by atoms with Gasteiger partial charge in [-0.15, -0.1) is 11.3 Å². The first-order valence-corrected chi connectivity index (χ1v) is 13.1. The lowest BCUT2D eigenvalue weighted by Crippen LogP contribution is -2.21. The highest BCUT2D eigenvalue weighted by Crippen LogP contribution is 2.38. The molecule has 11 heteroatoms. The van der Waals surface area contributed by atoms with Gasteiger partial charge < -0.3 is 15.4 Å². The molecule has 0 amide bonds. The Labute approximate surface area is 219 Å². The number of nitrogens with one attached hydrogen (secondary N) is 2. The van der Waals surface area contributed by atoms with Gasteiger partial charge in [-0.2, -0.15) is 5.10 Å². The molecule has 0 fully saturated rings. The molecule has 0 bridgehead atoms. The monoisotopic (exact) mass is 586 g/mol. The molecule has 174 valence electrons. The van der Waals surface area contributed by atoms with Crippen LogP contribution in [0, 0.1) is 0 Å². The van der Waals surface area contributed by atoms with Crippen molar-refractivity contribution in [1.29, 1.82) is 0 Å². The van der Waals surface area contributed by atoms with E-state index < -0.39 is 0 Å². The summed E-state index contributed by atoms with van der Waals surface area (Å²) in [6.45, 7) is 0.515. The summed E-state index contributed by atoms with van der Waals surface area (Å²) in [5.41, 5.74) is 2.64. The number of rotatable bonds is 5. The van der Waals surface area contributed by atoms with Gasteiger partial charge in [0.25, 0.3) is 0 Å². The lowest BCUT2D eigenvalue weighted by Gasteiger charge is -2.10. The van der Waals surface area contributed by atoms with Gasteiger partial charge in [0, 0.05) is 11.1 Å². The number of nitrogens with zero attached hydrogens (tertiary/aromatic N) is 2. The van der Waals surface area contributed by atoms with Crippen LogP contribution >= 0.6 is 62.7 Å². The average molecular weight is 588 g/mol. The summed E-state index contributed by atoms with van der Waals surface area (Å²) in [7, 11) is 1.40. The molecule has 0 saturated heterocycles. The number of esters is 1. The minimum atomic E-state index is -0.341. The first-order chi connectivity index (χ1) is 15.9. The number of carbonyl (C=O) groups is 1. The van der Waals surface area contributed by atoms with Gasteiger partial charge in [0.15, 0.2) is 10.9 Å². The summed E-state index contributed by atoms with van der Waals surface area (Å²) in [6, 6.07) is 5.48. The number of methoxy groups -OCH3 is 1. The lowest BCUT2D eigenvalue weighted by atomic mass is 10.1. The van der Waals surface area contributed by atoms with E-state index in [9.17, 15) is 4.79 Å². The number of thiocarbonyl (C=S) groups is 1. The van der Waals surface area contributed by atoms with Gasteiger partial charge in [0.05, 0.1) is 33.7 Å². The summed E-state index contributed by atoms with van der Waals surface area (Å²) < 4.78 is 7.58. The van der Waals surface area contributed by atoms with Crippen molar-refractivity contribution in [2.45, 2.75) is 38.6 Å². The van der Waals surface area contributed by atoms with Crippen molar-refractivity contribution in [3.63, 3.8) is 0 Å². The van der Waals surface area contributed by atoms with Crippen molar-refractivity contribution in [3.8, 4) is 0 Å². The van der Waals surface area contributed by atoms with Crippen molar-refractivity contribution in [2.24, 2.45) is 0 Å². The summed E-state index contributed by atoms with van der Waals surface area (Å²) in [4.78, 5) is 13.8. The van der Waals surface area contributed by atoms with Gasteiger partial charge in [-0.25, -0.2) is 4.79 Å². The van der Waals surface area contributed by atoms with E-state index in [0.29, 0.717) is 38.1 Å². The van der Waals surface area contributed by atoms with Crippen LogP contribution in [0.25, 0.3) is 0 Å². The molecule has 2 aromatic heterocycles. The zero-order valence-corrected chi connectivity index (χ0v) is 22.4. The number of hydrogen-bond donors (Lipinski definition) is 2. The quantitative estimate of drug-likeness (QED) is 0.192. The van der Waals surface area contributed by atoms with Crippen LogP contribution in [0.5, 0.6) is 0 Å². The van der Waals surface area contributed by atoms with Crippen LogP contribution in [-0.2, 0) is 24.1 Å². The fraction of sp³-hybridized carbons (Fsp3) is 0.318. The maximum absolute atomic E-state index is 12.5. The minimum Gasteiger partial charge on any atom is -0.465 e. The summed E-state index contributed by atoms with van der Waals surface area (Å²) in [5, 5.41) is 12.9. The molecule has 1 aliphatic carbocycles. The highest BCUT2D eigenvalue weighted by atomic mass is 79.9. The zero-order valence-electron chi connectivity index (χ0n) is 17.7. The van der Waals surface area contributed by atoms with Crippen molar-refractivity contribution in [1.82, 2.24) is 9.78 Å². The van der Waals surface area contributed by atoms with Crippen LogP contribution in [0.15, 0.2) is 28.9 Å². The molecule has 0 saturated carbocycles.